The maximum Gasteiger partial charge on any atom is 0.254 e. The monoisotopic (exact) mass is 444 g/mol. The zero-order chi connectivity index (χ0) is 22.9. The number of aryl methyl sites for hydroxylation is 1. The summed E-state index contributed by atoms with van der Waals surface area (Å²) in [5.74, 6) is -0.538. The van der Waals surface area contributed by atoms with Crippen molar-refractivity contribution in [2.75, 3.05) is 5.73 Å². The van der Waals surface area contributed by atoms with Crippen LogP contribution in [0.3, 0.4) is 0 Å². The lowest BCUT2D eigenvalue weighted by molar-refractivity contribution is 0.0946. The van der Waals surface area contributed by atoms with Gasteiger partial charge in [0.2, 0.25) is 0 Å². The standard InChI is InChI=1S/C25H25FN6O/c1-15-5-4-8-19(26)20(15)25(33)28-13-16-9-11-17(12-10-16)22-21-23(27)29-14-30-24(21)32(31-22)18-6-2-3-7-18/h4-5,8-12,14,18H,2-3,6-7,13H2,1H3,(H,28,33)(H2,27,29,30). The summed E-state index contributed by atoms with van der Waals surface area (Å²) in [4.78, 5) is 21.1. The molecule has 5 rings (SSSR count). The number of nitrogens with one attached hydrogen (secondary N) is 1. The maximum atomic E-state index is 14.1. The maximum absolute atomic E-state index is 14.1. The molecule has 2 heterocycles. The van der Waals surface area contributed by atoms with Crippen molar-refractivity contribution in [2.45, 2.75) is 45.2 Å². The first-order chi connectivity index (χ1) is 16.0. The molecule has 0 atom stereocenters. The Morgan fingerprint density at radius 3 is 2.64 bits per heavy atom. The van der Waals surface area contributed by atoms with Gasteiger partial charge < -0.3 is 11.1 Å². The highest BCUT2D eigenvalue weighted by Crippen LogP contribution is 2.36. The third-order valence-electron chi connectivity index (χ3n) is 6.32. The Bertz CT molecular complexity index is 1300. The van der Waals surface area contributed by atoms with Crippen LogP contribution in [0.4, 0.5) is 10.2 Å². The molecule has 0 bridgehead atoms. The molecule has 2 aromatic carbocycles. The predicted molar refractivity (Wildman–Crippen MR) is 125 cm³/mol. The van der Waals surface area contributed by atoms with Gasteiger partial charge >= 0.3 is 0 Å². The quantitative estimate of drug-likeness (QED) is 0.470. The number of hydrogen-bond acceptors (Lipinski definition) is 5. The van der Waals surface area contributed by atoms with Gasteiger partial charge in [-0.2, -0.15) is 5.10 Å². The third kappa shape index (κ3) is 3.92. The van der Waals surface area contributed by atoms with Crippen molar-refractivity contribution in [3.8, 4) is 11.3 Å². The summed E-state index contributed by atoms with van der Waals surface area (Å²) in [6.07, 6.45) is 6.03. The van der Waals surface area contributed by atoms with Gasteiger partial charge in [0, 0.05) is 12.1 Å². The fraction of sp³-hybridized carbons (Fsp3) is 0.280. The number of halogens is 1. The molecule has 4 aromatic rings. The molecule has 2 aromatic heterocycles. The van der Waals surface area contributed by atoms with Crippen LogP contribution in [0.5, 0.6) is 0 Å². The van der Waals surface area contributed by atoms with Gasteiger partial charge in [-0.3, -0.25) is 4.79 Å². The molecule has 168 valence electrons. The molecule has 0 radical (unpaired) electrons. The zero-order valence-electron chi connectivity index (χ0n) is 18.4. The number of rotatable bonds is 5. The summed E-state index contributed by atoms with van der Waals surface area (Å²) >= 11 is 0. The zero-order valence-corrected chi connectivity index (χ0v) is 18.4. The number of benzene rings is 2. The van der Waals surface area contributed by atoms with Crippen molar-refractivity contribution in [1.29, 1.82) is 0 Å². The predicted octanol–water partition coefficient (Wildman–Crippen LogP) is 4.57. The number of nitrogens with two attached hydrogens (primary N) is 1. The Balaban J connectivity index is 1.39. The summed E-state index contributed by atoms with van der Waals surface area (Å²) in [5, 5.41) is 8.45. The van der Waals surface area contributed by atoms with E-state index in [1.54, 1.807) is 19.1 Å². The Labute approximate surface area is 190 Å². The van der Waals surface area contributed by atoms with E-state index >= 15 is 0 Å². The largest absolute Gasteiger partial charge is 0.383 e. The van der Waals surface area contributed by atoms with E-state index in [2.05, 4.69) is 15.3 Å². The average molecular weight is 445 g/mol. The molecule has 1 saturated carbocycles. The lowest BCUT2D eigenvalue weighted by Crippen LogP contribution is -2.24. The van der Waals surface area contributed by atoms with Gasteiger partial charge in [0.25, 0.3) is 5.91 Å². The van der Waals surface area contributed by atoms with E-state index in [1.807, 2.05) is 28.9 Å². The van der Waals surface area contributed by atoms with Crippen LogP contribution in [0.15, 0.2) is 48.8 Å². The molecule has 1 fully saturated rings. The molecule has 1 aliphatic rings. The number of aromatic nitrogens is 4. The summed E-state index contributed by atoms with van der Waals surface area (Å²) < 4.78 is 16.1. The number of nitrogen functional groups attached to an aromatic ring is 1. The SMILES string of the molecule is Cc1cccc(F)c1C(=O)NCc1ccc(-c2nn(C3CCCC3)c3ncnc(N)c23)cc1. The molecular weight excluding hydrogens is 419 g/mol. The molecule has 0 saturated heterocycles. The van der Waals surface area contributed by atoms with Gasteiger partial charge in [-0.05, 0) is 37.0 Å². The summed E-state index contributed by atoms with van der Waals surface area (Å²) in [6.45, 7) is 2.01. The van der Waals surface area contributed by atoms with Gasteiger partial charge in [-0.1, -0.05) is 49.2 Å². The fourth-order valence-electron chi connectivity index (χ4n) is 4.57. The number of hydrogen-bond donors (Lipinski definition) is 2. The van der Waals surface area contributed by atoms with Crippen LogP contribution >= 0.6 is 0 Å². The topological polar surface area (TPSA) is 98.7 Å². The lowest BCUT2D eigenvalue weighted by Gasteiger charge is -2.10. The van der Waals surface area contributed by atoms with Crippen LogP contribution in [-0.4, -0.2) is 25.7 Å². The molecule has 7 nitrogen and oxygen atoms in total. The van der Waals surface area contributed by atoms with Crippen molar-refractivity contribution >= 4 is 22.8 Å². The van der Waals surface area contributed by atoms with Crippen molar-refractivity contribution < 1.29 is 9.18 Å². The van der Waals surface area contributed by atoms with E-state index in [0.29, 0.717) is 17.4 Å². The number of nitrogens with zero attached hydrogens (tertiary/aromatic N) is 4. The van der Waals surface area contributed by atoms with Crippen molar-refractivity contribution in [3.05, 3.63) is 71.3 Å². The number of anilines is 1. The van der Waals surface area contributed by atoms with Crippen molar-refractivity contribution in [3.63, 3.8) is 0 Å². The molecule has 1 amide bonds. The van der Waals surface area contributed by atoms with Crippen molar-refractivity contribution in [1.82, 2.24) is 25.1 Å². The Morgan fingerprint density at radius 2 is 1.91 bits per heavy atom. The van der Waals surface area contributed by atoms with Gasteiger partial charge in [-0.25, -0.2) is 19.0 Å². The molecule has 0 unspecified atom stereocenters. The second-order valence-corrected chi connectivity index (χ2v) is 8.50. The van der Waals surface area contributed by atoms with Crippen LogP contribution in [0.2, 0.25) is 0 Å². The number of fused-ring (bicyclic) bond motifs is 1. The van der Waals surface area contributed by atoms with E-state index < -0.39 is 11.7 Å². The van der Waals surface area contributed by atoms with E-state index in [-0.39, 0.29) is 12.1 Å². The Hall–Kier alpha value is -3.81. The van der Waals surface area contributed by atoms with Gasteiger partial charge in [0.15, 0.2) is 5.65 Å². The van der Waals surface area contributed by atoms with Crippen molar-refractivity contribution in [2.24, 2.45) is 0 Å². The Morgan fingerprint density at radius 1 is 1.15 bits per heavy atom. The molecule has 33 heavy (non-hydrogen) atoms. The average Bonchev–Trinajstić information content (AvgIpc) is 3.47. The number of carbonyl (C=O) groups excluding carboxylic acids is 1. The lowest BCUT2D eigenvalue weighted by atomic mass is 10.1. The number of carbonyl (C=O) groups is 1. The van der Waals surface area contributed by atoms with E-state index in [1.165, 1.54) is 25.2 Å². The fourth-order valence-corrected chi connectivity index (χ4v) is 4.57. The van der Waals surface area contributed by atoms with E-state index in [9.17, 15) is 9.18 Å². The first kappa shape index (κ1) is 21.1. The molecule has 0 spiro atoms. The molecule has 8 heteroatoms. The van der Waals surface area contributed by atoms with Gasteiger partial charge in [-0.15, -0.1) is 0 Å². The Kier molecular flexibility index (Phi) is 5.50. The second kappa shape index (κ2) is 8.61. The minimum atomic E-state index is -0.521. The molecular formula is C25H25FN6O. The summed E-state index contributed by atoms with van der Waals surface area (Å²) in [7, 11) is 0. The molecule has 3 N–H and O–H groups in total. The van der Waals surface area contributed by atoms with Gasteiger partial charge in [0.05, 0.1) is 17.0 Å². The van der Waals surface area contributed by atoms with Crippen LogP contribution in [-0.2, 0) is 6.54 Å². The second-order valence-electron chi connectivity index (χ2n) is 8.50. The number of amides is 1. The minimum Gasteiger partial charge on any atom is -0.383 e. The van der Waals surface area contributed by atoms with Crippen LogP contribution < -0.4 is 11.1 Å². The smallest absolute Gasteiger partial charge is 0.254 e. The highest BCUT2D eigenvalue weighted by Gasteiger charge is 2.24. The third-order valence-corrected chi connectivity index (χ3v) is 6.32. The molecule has 1 aliphatic carbocycles. The normalized spacial score (nSPS) is 14.1. The minimum absolute atomic E-state index is 0.0773. The summed E-state index contributed by atoms with van der Waals surface area (Å²) in [6, 6.07) is 12.7. The first-order valence-corrected chi connectivity index (χ1v) is 11.1. The van der Waals surface area contributed by atoms with Crippen LogP contribution in [0.1, 0.15) is 53.2 Å². The van der Waals surface area contributed by atoms with Crippen LogP contribution in [0, 0.1) is 12.7 Å². The van der Waals surface area contributed by atoms with E-state index in [4.69, 9.17) is 10.8 Å². The molecule has 0 aliphatic heterocycles. The summed E-state index contributed by atoms with van der Waals surface area (Å²) in [5.41, 5.74) is 10.2. The van der Waals surface area contributed by atoms with Crippen LogP contribution in [0.25, 0.3) is 22.3 Å². The highest BCUT2D eigenvalue weighted by atomic mass is 19.1. The highest BCUT2D eigenvalue weighted by molar-refractivity contribution is 5.98. The van der Waals surface area contributed by atoms with Gasteiger partial charge in [0.1, 0.15) is 23.7 Å². The van der Waals surface area contributed by atoms with E-state index in [0.717, 1.165) is 40.7 Å². The first-order valence-electron chi connectivity index (χ1n) is 11.1.